The number of hydrogen-bond donors (Lipinski definition) is 1. The van der Waals surface area contributed by atoms with E-state index in [1.165, 1.54) is 25.0 Å². The average Bonchev–Trinajstić information content (AvgIpc) is 2.50. The van der Waals surface area contributed by atoms with Gasteiger partial charge in [0.1, 0.15) is 0 Å². The van der Waals surface area contributed by atoms with Crippen LogP contribution in [0.4, 0.5) is 0 Å². The van der Waals surface area contributed by atoms with Crippen LogP contribution < -0.4 is 15.2 Å². The Labute approximate surface area is 126 Å². The summed E-state index contributed by atoms with van der Waals surface area (Å²) < 4.78 is 11.3. The molecule has 1 saturated heterocycles. The summed E-state index contributed by atoms with van der Waals surface area (Å²) in [6, 6.07) is 6.19. The van der Waals surface area contributed by atoms with Crippen molar-refractivity contribution in [3.8, 4) is 11.5 Å². The summed E-state index contributed by atoms with van der Waals surface area (Å²) >= 11 is 2.00. The van der Waals surface area contributed by atoms with Crippen molar-refractivity contribution in [1.29, 1.82) is 0 Å². The third-order valence-electron chi connectivity index (χ3n) is 3.57. The van der Waals surface area contributed by atoms with Crippen LogP contribution in [0.5, 0.6) is 11.5 Å². The zero-order valence-electron chi connectivity index (χ0n) is 12.4. The van der Waals surface area contributed by atoms with Gasteiger partial charge in [-0.05, 0) is 50.1 Å². The minimum Gasteiger partial charge on any atom is -0.490 e. The molecule has 112 valence electrons. The molecule has 0 radical (unpaired) electrons. The number of nitrogens with two attached hydrogens (primary N) is 1. The molecule has 2 atom stereocenters. The van der Waals surface area contributed by atoms with Gasteiger partial charge in [-0.15, -0.1) is 0 Å². The first-order chi connectivity index (χ1) is 9.76. The van der Waals surface area contributed by atoms with Gasteiger partial charge in [0, 0.05) is 11.3 Å². The highest BCUT2D eigenvalue weighted by atomic mass is 32.2. The van der Waals surface area contributed by atoms with E-state index in [1.807, 2.05) is 37.7 Å². The second-order valence-corrected chi connectivity index (χ2v) is 6.35. The first kappa shape index (κ1) is 15.5. The van der Waals surface area contributed by atoms with Crippen LogP contribution in [0.2, 0.25) is 0 Å². The van der Waals surface area contributed by atoms with Gasteiger partial charge in [0.05, 0.1) is 13.2 Å². The topological polar surface area (TPSA) is 44.5 Å². The van der Waals surface area contributed by atoms with Crippen molar-refractivity contribution >= 4 is 11.8 Å². The van der Waals surface area contributed by atoms with Gasteiger partial charge in [0.15, 0.2) is 11.5 Å². The third-order valence-corrected chi connectivity index (χ3v) is 5.05. The van der Waals surface area contributed by atoms with Crippen molar-refractivity contribution in [1.82, 2.24) is 0 Å². The van der Waals surface area contributed by atoms with Crippen LogP contribution in [0.25, 0.3) is 0 Å². The van der Waals surface area contributed by atoms with Crippen molar-refractivity contribution in [3.05, 3.63) is 23.8 Å². The molecule has 1 heterocycles. The van der Waals surface area contributed by atoms with Crippen LogP contribution in [0.15, 0.2) is 18.2 Å². The lowest BCUT2D eigenvalue weighted by Crippen LogP contribution is -2.26. The van der Waals surface area contributed by atoms with Gasteiger partial charge >= 0.3 is 0 Å². The lowest BCUT2D eigenvalue weighted by atomic mass is 10.00. The van der Waals surface area contributed by atoms with Gasteiger partial charge < -0.3 is 15.2 Å². The van der Waals surface area contributed by atoms with Gasteiger partial charge in [0.2, 0.25) is 0 Å². The summed E-state index contributed by atoms with van der Waals surface area (Å²) in [7, 11) is 0. The second-order valence-electron chi connectivity index (χ2n) is 5.00. The molecule has 0 aromatic heterocycles. The van der Waals surface area contributed by atoms with Crippen LogP contribution >= 0.6 is 11.8 Å². The molecule has 1 aromatic carbocycles. The number of hydrogen-bond acceptors (Lipinski definition) is 4. The van der Waals surface area contributed by atoms with Crippen molar-refractivity contribution < 1.29 is 9.47 Å². The Morgan fingerprint density at radius 2 is 1.95 bits per heavy atom. The van der Waals surface area contributed by atoms with E-state index >= 15 is 0 Å². The summed E-state index contributed by atoms with van der Waals surface area (Å²) in [6.07, 6.45) is 3.82. The fourth-order valence-corrected chi connectivity index (χ4v) is 3.91. The van der Waals surface area contributed by atoms with Crippen molar-refractivity contribution in [2.24, 2.45) is 5.73 Å². The van der Waals surface area contributed by atoms with E-state index in [4.69, 9.17) is 15.2 Å². The smallest absolute Gasteiger partial charge is 0.161 e. The Morgan fingerprint density at radius 3 is 2.60 bits per heavy atom. The predicted molar refractivity (Wildman–Crippen MR) is 85.8 cm³/mol. The Morgan fingerprint density at radius 1 is 1.20 bits per heavy atom. The Kier molecular flexibility index (Phi) is 6.05. The molecule has 2 N–H and O–H groups in total. The highest BCUT2D eigenvalue weighted by Crippen LogP contribution is 2.36. The molecule has 0 spiro atoms. The maximum atomic E-state index is 6.44. The van der Waals surface area contributed by atoms with E-state index in [-0.39, 0.29) is 6.04 Å². The lowest BCUT2D eigenvalue weighted by Gasteiger charge is -2.27. The third kappa shape index (κ3) is 3.83. The SMILES string of the molecule is CCOc1ccc(C(N)C2CCCCS2)cc1OCC. The highest BCUT2D eigenvalue weighted by molar-refractivity contribution is 8.00. The molecule has 0 bridgehead atoms. The maximum absolute atomic E-state index is 6.44. The minimum atomic E-state index is 0.0789. The maximum Gasteiger partial charge on any atom is 0.161 e. The monoisotopic (exact) mass is 295 g/mol. The molecular formula is C16H25NO2S. The summed E-state index contributed by atoms with van der Waals surface area (Å²) in [5.74, 6) is 2.85. The van der Waals surface area contributed by atoms with E-state index in [0.717, 1.165) is 17.1 Å². The van der Waals surface area contributed by atoms with Gasteiger partial charge in [-0.1, -0.05) is 12.5 Å². The molecule has 2 unspecified atom stereocenters. The normalized spacial score (nSPS) is 20.4. The molecule has 1 aliphatic rings. The average molecular weight is 295 g/mol. The van der Waals surface area contributed by atoms with Crippen LogP contribution in [-0.4, -0.2) is 24.2 Å². The summed E-state index contributed by atoms with van der Waals surface area (Å²) in [5, 5.41) is 0.524. The number of ether oxygens (including phenoxy) is 2. The quantitative estimate of drug-likeness (QED) is 0.867. The predicted octanol–water partition coefficient (Wildman–Crippen LogP) is 3.77. The summed E-state index contributed by atoms with van der Waals surface area (Å²) in [5.41, 5.74) is 7.59. The number of rotatable bonds is 6. The molecule has 2 rings (SSSR count). The molecule has 0 amide bonds. The molecule has 1 fully saturated rings. The zero-order valence-corrected chi connectivity index (χ0v) is 13.2. The molecule has 0 saturated carbocycles. The Hall–Kier alpha value is -0.870. The second kappa shape index (κ2) is 7.79. The van der Waals surface area contributed by atoms with E-state index in [2.05, 4.69) is 6.07 Å². The van der Waals surface area contributed by atoms with E-state index in [9.17, 15) is 0 Å². The van der Waals surface area contributed by atoms with E-state index < -0.39 is 0 Å². The molecule has 1 aliphatic heterocycles. The molecule has 3 nitrogen and oxygen atoms in total. The fourth-order valence-electron chi connectivity index (χ4n) is 2.54. The van der Waals surface area contributed by atoms with Gasteiger partial charge in [-0.2, -0.15) is 11.8 Å². The van der Waals surface area contributed by atoms with Crippen LogP contribution in [0, 0.1) is 0 Å². The minimum absolute atomic E-state index is 0.0789. The first-order valence-electron chi connectivity index (χ1n) is 7.53. The van der Waals surface area contributed by atoms with Crippen molar-refractivity contribution in [3.63, 3.8) is 0 Å². The van der Waals surface area contributed by atoms with Crippen molar-refractivity contribution in [2.45, 2.75) is 44.4 Å². The molecule has 20 heavy (non-hydrogen) atoms. The Bertz CT molecular complexity index is 419. The van der Waals surface area contributed by atoms with Crippen LogP contribution in [-0.2, 0) is 0 Å². The molecule has 0 aliphatic carbocycles. The summed E-state index contributed by atoms with van der Waals surface area (Å²) in [6.45, 7) is 5.24. The number of thioether (sulfide) groups is 1. The molecule has 4 heteroatoms. The lowest BCUT2D eigenvalue weighted by molar-refractivity contribution is 0.287. The highest BCUT2D eigenvalue weighted by Gasteiger charge is 2.23. The fraction of sp³-hybridized carbons (Fsp3) is 0.625. The Balaban J connectivity index is 2.16. The van der Waals surface area contributed by atoms with Gasteiger partial charge in [-0.25, -0.2) is 0 Å². The molecular weight excluding hydrogens is 270 g/mol. The van der Waals surface area contributed by atoms with Crippen LogP contribution in [0.1, 0.15) is 44.7 Å². The van der Waals surface area contributed by atoms with E-state index in [1.54, 1.807) is 0 Å². The van der Waals surface area contributed by atoms with E-state index in [0.29, 0.717) is 18.5 Å². The molecule has 1 aromatic rings. The summed E-state index contributed by atoms with van der Waals surface area (Å²) in [4.78, 5) is 0. The van der Waals surface area contributed by atoms with Crippen molar-refractivity contribution in [2.75, 3.05) is 19.0 Å². The van der Waals surface area contributed by atoms with Gasteiger partial charge in [0.25, 0.3) is 0 Å². The number of benzene rings is 1. The first-order valence-corrected chi connectivity index (χ1v) is 8.57. The zero-order chi connectivity index (χ0) is 14.4. The van der Waals surface area contributed by atoms with Crippen LogP contribution in [0.3, 0.4) is 0 Å². The standard InChI is InChI=1S/C16H25NO2S/c1-3-18-13-9-8-12(11-14(13)19-4-2)16(17)15-7-5-6-10-20-15/h8-9,11,15-16H,3-7,10,17H2,1-2H3. The largest absolute Gasteiger partial charge is 0.490 e. The van der Waals surface area contributed by atoms with Gasteiger partial charge in [-0.3, -0.25) is 0 Å².